The third-order valence-corrected chi connectivity index (χ3v) is 15.1. The SMILES string of the molecule is CCCCCCCCCCCCCCCCCCCCCCCCCCCCCCCCCC(=O)O[C@H](COCCCCCCCCCCCCCCCCCC)COP(=O)([O-])OCC[N+](C)(C)C. The number of carbonyl (C=O) groups excluding carboxylic acids is 1. The van der Waals surface area contributed by atoms with Crippen LogP contribution in [0.25, 0.3) is 0 Å². The van der Waals surface area contributed by atoms with Gasteiger partial charge in [0.05, 0.1) is 34.4 Å². The quantitative estimate of drug-likeness (QED) is 0.0259. The minimum Gasteiger partial charge on any atom is -0.756 e. The van der Waals surface area contributed by atoms with E-state index in [0.717, 1.165) is 32.1 Å². The van der Waals surface area contributed by atoms with E-state index < -0.39 is 13.9 Å². The van der Waals surface area contributed by atoms with Crippen molar-refractivity contribution in [2.24, 2.45) is 0 Å². The standard InChI is InChI=1S/C60H122NO7P/c1-6-8-10-12-14-16-18-20-22-24-25-26-27-28-29-30-31-32-33-34-35-36-37-38-39-41-43-45-47-49-51-53-60(62)68-59(58-67-69(63,64)66-56-54-61(3,4)5)57-65-55-52-50-48-46-44-42-40-23-21-19-17-15-13-11-9-7-2/h59H,6-58H2,1-5H3/t59-/m1/s1. The molecule has 8 nitrogen and oxygen atoms in total. The van der Waals surface area contributed by atoms with E-state index in [1.54, 1.807) is 0 Å². The summed E-state index contributed by atoms with van der Waals surface area (Å²) in [5.74, 6) is -0.323. The molecule has 0 aromatic rings. The predicted molar refractivity (Wildman–Crippen MR) is 296 cm³/mol. The first-order chi connectivity index (χ1) is 33.6. The highest BCUT2D eigenvalue weighted by molar-refractivity contribution is 7.45. The number of hydrogen-bond acceptors (Lipinski definition) is 7. The largest absolute Gasteiger partial charge is 0.756 e. The van der Waals surface area contributed by atoms with Crippen molar-refractivity contribution in [2.75, 3.05) is 54.1 Å². The Balaban J connectivity index is 3.89. The Labute approximate surface area is 431 Å². The lowest BCUT2D eigenvalue weighted by Gasteiger charge is -2.28. The fourth-order valence-electron chi connectivity index (χ4n) is 9.44. The topological polar surface area (TPSA) is 94.1 Å². The number of quaternary nitrogens is 1. The monoisotopic (exact) mass is 1000 g/mol. The van der Waals surface area contributed by atoms with Gasteiger partial charge in [-0.2, -0.15) is 0 Å². The van der Waals surface area contributed by atoms with Crippen LogP contribution < -0.4 is 4.89 Å². The molecule has 0 saturated heterocycles. The molecular formula is C60H122NO7P. The second-order valence-electron chi connectivity index (χ2n) is 22.4. The number of esters is 1. The van der Waals surface area contributed by atoms with E-state index in [9.17, 15) is 14.3 Å². The van der Waals surface area contributed by atoms with Gasteiger partial charge in [-0.15, -0.1) is 0 Å². The third-order valence-electron chi connectivity index (χ3n) is 14.2. The molecule has 0 N–H and O–H groups in total. The molecule has 0 spiro atoms. The number of rotatable bonds is 59. The molecule has 0 aliphatic carbocycles. The molecular weight excluding hydrogens is 878 g/mol. The van der Waals surface area contributed by atoms with Crippen LogP contribution >= 0.6 is 7.82 Å². The van der Waals surface area contributed by atoms with Gasteiger partial charge in [0.1, 0.15) is 19.3 Å². The van der Waals surface area contributed by atoms with E-state index >= 15 is 0 Å². The smallest absolute Gasteiger partial charge is 0.306 e. The Morgan fingerprint density at radius 2 is 0.667 bits per heavy atom. The van der Waals surface area contributed by atoms with Crippen molar-refractivity contribution in [3.05, 3.63) is 0 Å². The molecule has 0 aliphatic heterocycles. The number of ether oxygens (including phenoxy) is 2. The Morgan fingerprint density at radius 3 is 0.957 bits per heavy atom. The van der Waals surface area contributed by atoms with Crippen LogP contribution in [-0.2, 0) is 27.9 Å². The van der Waals surface area contributed by atoms with Crippen molar-refractivity contribution < 1.29 is 37.3 Å². The summed E-state index contributed by atoms with van der Waals surface area (Å²) in [6, 6.07) is 0. The third kappa shape index (κ3) is 58.3. The van der Waals surface area contributed by atoms with E-state index in [1.165, 1.54) is 270 Å². The number of likely N-dealkylation sites (N-methyl/N-ethyl adjacent to an activating group) is 1. The molecule has 69 heavy (non-hydrogen) atoms. The Morgan fingerprint density at radius 1 is 0.391 bits per heavy atom. The number of unbranched alkanes of at least 4 members (excludes halogenated alkanes) is 45. The molecule has 414 valence electrons. The van der Waals surface area contributed by atoms with Crippen LogP contribution in [0, 0.1) is 0 Å². The molecule has 1 unspecified atom stereocenters. The van der Waals surface area contributed by atoms with Crippen LogP contribution in [0.5, 0.6) is 0 Å². The molecule has 2 atom stereocenters. The maximum atomic E-state index is 12.8. The van der Waals surface area contributed by atoms with Gasteiger partial charge in [0, 0.05) is 13.0 Å². The van der Waals surface area contributed by atoms with Gasteiger partial charge in [0.2, 0.25) is 0 Å². The minimum absolute atomic E-state index is 0.0319. The second kappa shape index (κ2) is 53.8. The van der Waals surface area contributed by atoms with Crippen molar-refractivity contribution in [2.45, 2.75) is 328 Å². The van der Waals surface area contributed by atoms with Crippen molar-refractivity contribution in [1.82, 2.24) is 0 Å². The van der Waals surface area contributed by atoms with Gasteiger partial charge in [-0.05, 0) is 12.8 Å². The number of carbonyl (C=O) groups is 1. The zero-order valence-electron chi connectivity index (χ0n) is 47.3. The average Bonchev–Trinajstić information content (AvgIpc) is 3.31. The van der Waals surface area contributed by atoms with Crippen LogP contribution in [-0.4, -0.2) is 70.7 Å². The zero-order chi connectivity index (χ0) is 50.5. The minimum atomic E-state index is -4.53. The number of nitrogens with zero attached hydrogens (tertiary/aromatic N) is 1. The van der Waals surface area contributed by atoms with E-state index in [0.29, 0.717) is 24.1 Å². The van der Waals surface area contributed by atoms with E-state index in [-0.39, 0.29) is 25.8 Å². The van der Waals surface area contributed by atoms with Crippen LogP contribution in [0.3, 0.4) is 0 Å². The molecule has 0 amide bonds. The van der Waals surface area contributed by atoms with Crippen molar-refractivity contribution >= 4 is 13.8 Å². The molecule has 0 heterocycles. The summed E-state index contributed by atoms with van der Waals surface area (Å²) in [6.07, 6.45) is 63.1. The maximum Gasteiger partial charge on any atom is 0.306 e. The van der Waals surface area contributed by atoms with E-state index in [2.05, 4.69) is 13.8 Å². The Bertz CT molecular complexity index is 1070. The second-order valence-corrected chi connectivity index (χ2v) is 23.8. The Hall–Kier alpha value is -0.500. The first-order valence-electron chi connectivity index (χ1n) is 30.8. The lowest BCUT2D eigenvalue weighted by molar-refractivity contribution is -0.870. The van der Waals surface area contributed by atoms with E-state index in [1.807, 2.05) is 21.1 Å². The molecule has 0 rings (SSSR count). The zero-order valence-corrected chi connectivity index (χ0v) is 48.2. The molecule has 0 aromatic carbocycles. The molecule has 0 bridgehead atoms. The van der Waals surface area contributed by atoms with E-state index in [4.69, 9.17) is 18.5 Å². The highest BCUT2D eigenvalue weighted by atomic mass is 31.2. The van der Waals surface area contributed by atoms with Gasteiger partial charge in [0.25, 0.3) is 7.82 Å². The van der Waals surface area contributed by atoms with Gasteiger partial charge >= 0.3 is 5.97 Å². The van der Waals surface area contributed by atoms with Crippen LogP contribution in [0.2, 0.25) is 0 Å². The maximum absolute atomic E-state index is 12.8. The highest BCUT2D eigenvalue weighted by Gasteiger charge is 2.20. The lowest BCUT2D eigenvalue weighted by atomic mass is 10.0. The molecule has 9 heteroatoms. The number of phosphoric acid groups is 1. The summed E-state index contributed by atoms with van der Waals surface area (Å²) >= 11 is 0. The number of hydrogen-bond donors (Lipinski definition) is 0. The first-order valence-corrected chi connectivity index (χ1v) is 32.2. The molecule has 0 radical (unpaired) electrons. The van der Waals surface area contributed by atoms with Crippen molar-refractivity contribution in [3.63, 3.8) is 0 Å². The summed E-state index contributed by atoms with van der Waals surface area (Å²) in [6.45, 7) is 5.51. The summed E-state index contributed by atoms with van der Waals surface area (Å²) in [7, 11) is 1.38. The van der Waals surface area contributed by atoms with Crippen LogP contribution in [0.1, 0.15) is 322 Å². The fourth-order valence-corrected chi connectivity index (χ4v) is 10.2. The number of phosphoric ester groups is 1. The van der Waals surface area contributed by atoms with Crippen molar-refractivity contribution in [3.8, 4) is 0 Å². The normalized spacial score (nSPS) is 13.3. The average molecular weight is 1000 g/mol. The van der Waals surface area contributed by atoms with Crippen LogP contribution in [0.4, 0.5) is 0 Å². The van der Waals surface area contributed by atoms with Gasteiger partial charge in [0.15, 0.2) is 0 Å². The van der Waals surface area contributed by atoms with Crippen molar-refractivity contribution in [1.29, 1.82) is 0 Å². The summed E-state index contributed by atoms with van der Waals surface area (Å²) < 4.78 is 34.9. The summed E-state index contributed by atoms with van der Waals surface area (Å²) in [5, 5.41) is 0. The predicted octanol–water partition coefficient (Wildman–Crippen LogP) is 18.9. The summed E-state index contributed by atoms with van der Waals surface area (Å²) in [4.78, 5) is 25.3. The lowest BCUT2D eigenvalue weighted by Crippen LogP contribution is -2.37. The fraction of sp³-hybridized carbons (Fsp3) is 0.983. The molecule has 0 aliphatic rings. The molecule has 0 fully saturated rings. The van der Waals surface area contributed by atoms with Gasteiger partial charge in [-0.1, -0.05) is 303 Å². The Kier molecular flexibility index (Phi) is 53.4. The first kappa shape index (κ1) is 68.5. The van der Waals surface area contributed by atoms with Gasteiger partial charge < -0.3 is 27.9 Å². The molecule has 0 saturated carbocycles. The van der Waals surface area contributed by atoms with Crippen LogP contribution in [0.15, 0.2) is 0 Å². The van der Waals surface area contributed by atoms with Gasteiger partial charge in [-0.25, -0.2) is 0 Å². The van der Waals surface area contributed by atoms with Gasteiger partial charge in [-0.3, -0.25) is 9.36 Å². The highest BCUT2D eigenvalue weighted by Crippen LogP contribution is 2.38. The molecule has 0 aromatic heterocycles. The summed E-state index contributed by atoms with van der Waals surface area (Å²) in [5.41, 5.74) is 0.